The lowest BCUT2D eigenvalue weighted by Crippen LogP contribution is -2.34. The first kappa shape index (κ1) is 13.5. The number of amides is 2. The number of para-hydroxylation sites is 1. The predicted octanol–water partition coefficient (Wildman–Crippen LogP) is 1.31. The van der Waals surface area contributed by atoms with Crippen LogP contribution in [0.1, 0.15) is 19.3 Å². The van der Waals surface area contributed by atoms with Crippen LogP contribution in [0.3, 0.4) is 0 Å². The van der Waals surface area contributed by atoms with Crippen molar-refractivity contribution in [3.8, 4) is 0 Å². The van der Waals surface area contributed by atoms with Crippen LogP contribution >= 0.6 is 0 Å². The van der Waals surface area contributed by atoms with Crippen LogP contribution < -0.4 is 10.6 Å². The van der Waals surface area contributed by atoms with E-state index >= 15 is 0 Å². The van der Waals surface area contributed by atoms with E-state index in [2.05, 4.69) is 10.6 Å². The summed E-state index contributed by atoms with van der Waals surface area (Å²) < 4.78 is 5.39. The third-order valence-electron chi connectivity index (χ3n) is 2.93. The van der Waals surface area contributed by atoms with Crippen LogP contribution in [0, 0.1) is 0 Å². The molecule has 1 aliphatic heterocycles. The molecule has 1 unspecified atom stereocenters. The molecule has 0 saturated carbocycles. The average molecular weight is 262 g/mol. The molecule has 1 fully saturated rings. The van der Waals surface area contributed by atoms with Gasteiger partial charge in [0, 0.05) is 18.8 Å². The molecule has 0 bridgehead atoms. The number of carbonyl (C=O) groups excluding carboxylic acids is 2. The van der Waals surface area contributed by atoms with Gasteiger partial charge in [0.15, 0.2) is 0 Å². The van der Waals surface area contributed by atoms with Gasteiger partial charge in [-0.3, -0.25) is 9.59 Å². The van der Waals surface area contributed by atoms with Crippen molar-refractivity contribution in [1.29, 1.82) is 0 Å². The second-order valence-corrected chi connectivity index (χ2v) is 4.53. The summed E-state index contributed by atoms with van der Waals surface area (Å²) in [4.78, 5) is 23.2. The SMILES string of the molecule is O=C(CC(=O)Nc1ccccc1)NCC1CCCO1. The van der Waals surface area contributed by atoms with Crippen molar-refractivity contribution >= 4 is 17.5 Å². The van der Waals surface area contributed by atoms with E-state index in [4.69, 9.17) is 4.74 Å². The Morgan fingerprint density at radius 2 is 2.00 bits per heavy atom. The van der Waals surface area contributed by atoms with E-state index in [0.717, 1.165) is 19.4 Å². The molecule has 5 heteroatoms. The van der Waals surface area contributed by atoms with E-state index in [-0.39, 0.29) is 24.3 Å². The molecule has 0 aromatic heterocycles. The maximum absolute atomic E-state index is 11.6. The van der Waals surface area contributed by atoms with Crippen molar-refractivity contribution < 1.29 is 14.3 Å². The summed E-state index contributed by atoms with van der Waals surface area (Å²) in [5, 5.41) is 5.39. The topological polar surface area (TPSA) is 67.4 Å². The third-order valence-corrected chi connectivity index (χ3v) is 2.93. The van der Waals surface area contributed by atoms with Crippen LogP contribution in [-0.4, -0.2) is 31.1 Å². The summed E-state index contributed by atoms with van der Waals surface area (Å²) in [5.74, 6) is -0.583. The first-order valence-corrected chi connectivity index (χ1v) is 6.47. The molecule has 2 N–H and O–H groups in total. The van der Waals surface area contributed by atoms with Gasteiger partial charge in [-0.2, -0.15) is 0 Å². The molecule has 1 atom stereocenters. The Balaban J connectivity index is 1.68. The predicted molar refractivity (Wildman–Crippen MR) is 71.7 cm³/mol. The minimum Gasteiger partial charge on any atom is -0.376 e. The largest absolute Gasteiger partial charge is 0.376 e. The summed E-state index contributed by atoms with van der Waals surface area (Å²) in [6.07, 6.45) is 1.94. The molecule has 1 heterocycles. The molecule has 1 aliphatic rings. The van der Waals surface area contributed by atoms with Crippen molar-refractivity contribution in [1.82, 2.24) is 5.32 Å². The van der Waals surface area contributed by atoms with Crippen LogP contribution in [-0.2, 0) is 14.3 Å². The second-order valence-electron chi connectivity index (χ2n) is 4.53. The Labute approximate surface area is 112 Å². The highest BCUT2D eigenvalue weighted by atomic mass is 16.5. The lowest BCUT2D eigenvalue weighted by Gasteiger charge is -2.10. The van der Waals surface area contributed by atoms with Gasteiger partial charge in [-0.1, -0.05) is 18.2 Å². The molecule has 2 rings (SSSR count). The lowest BCUT2D eigenvalue weighted by molar-refractivity contribution is -0.127. The van der Waals surface area contributed by atoms with Gasteiger partial charge in [-0.15, -0.1) is 0 Å². The number of anilines is 1. The molecule has 1 aromatic rings. The molecule has 0 aliphatic carbocycles. The van der Waals surface area contributed by atoms with E-state index in [0.29, 0.717) is 12.2 Å². The summed E-state index contributed by atoms with van der Waals surface area (Å²) in [6, 6.07) is 9.08. The van der Waals surface area contributed by atoms with Crippen molar-refractivity contribution in [3.63, 3.8) is 0 Å². The zero-order chi connectivity index (χ0) is 13.5. The maximum atomic E-state index is 11.6. The molecule has 0 radical (unpaired) electrons. The summed E-state index contributed by atoms with van der Waals surface area (Å²) in [7, 11) is 0. The number of nitrogens with one attached hydrogen (secondary N) is 2. The second kappa shape index (κ2) is 6.89. The van der Waals surface area contributed by atoms with Gasteiger partial charge in [0.2, 0.25) is 11.8 Å². The van der Waals surface area contributed by atoms with Crippen LogP contribution in [0.5, 0.6) is 0 Å². The van der Waals surface area contributed by atoms with Crippen molar-refractivity contribution in [2.24, 2.45) is 0 Å². The first-order chi connectivity index (χ1) is 9.24. The molecule has 1 aromatic carbocycles. The molecule has 5 nitrogen and oxygen atoms in total. The molecular formula is C14H18N2O3. The normalized spacial score (nSPS) is 18.0. The van der Waals surface area contributed by atoms with Crippen LogP contribution in [0.15, 0.2) is 30.3 Å². The van der Waals surface area contributed by atoms with Gasteiger partial charge in [0.1, 0.15) is 6.42 Å². The fourth-order valence-corrected chi connectivity index (χ4v) is 1.97. The lowest BCUT2D eigenvalue weighted by atomic mass is 10.2. The highest BCUT2D eigenvalue weighted by molar-refractivity contribution is 6.03. The highest BCUT2D eigenvalue weighted by Crippen LogP contribution is 2.10. The fraction of sp³-hybridized carbons (Fsp3) is 0.429. The average Bonchev–Trinajstić information content (AvgIpc) is 2.90. The molecule has 0 spiro atoms. The summed E-state index contributed by atoms with van der Waals surface area (Å²) in [5.41, 5.74) is 0.694. The highest BCUT2D eigenvalue weighted by Gasteiger charge is 2.17. The van der Waals surface area contributed by atoms with Crippen molar-refractivity contribution in [2.75, 3.05) is 18.5 Å². The van der Waals surface area contributed by atoms with Gasteiger partial charge >= 0.3 is 0 Å². The van der Waals surface area contributed by atoms with Crippen LogP contribution in [0.2, 0.25) is 0 Å². The van der Waals surface area contributed by atoms with Gasteiger partial charge in [0.25, 0.3) is 0 Å². The van der Waals surface area contributed by atoms with Crippen molar-refractivity contribution in [2.45, 2.75) is 25.4 Å². The van der Waals surface area contributed by atoms with E-state index < -0.39 is 0 Å². The standard InChI is InChI=1S/C14H18N2O3/c17-13(15-10-12-7-4-8-19-12)9-14(18)16-11-5-2-1-3-6-11/h1-3,5-6,12H,4,7-10H2,(H,15,17)(H,16,18). The molecule has 19 heavy (non-hydrogen) atoms. The van der Waals surface area contributed by atoms with Gasteiger partial charge in [0.05, 0.1) is 6.10 Å². The van der Waals surface area contributed by atoms with Gasteiger partial charge in [-0.25, -0.2) is 0 Å². The summed E-state index contributed by atoms with van der Waals surface area (Å²) in [6.45, 7) is 1.24. The number of carbonyl (C=O) groups is 2. The smallest absolute Gasteiger partial charge is 0.233 e. The zero-order valence-corrected chi connectivity index (χ0v) is 10.7. The summed E-state index contributed by atoms with van der Waals surface area (Å²) >= 11 is 0. The van der Waals surface area contributed by atoms with E-state index in [1.807, 2.05) is 18.2 Å². The minimum absolute atomic E-state index is 0.0983. The maximum Gasteiger partial charge on any atom is 0.233 e. The Morgan fingerprint density at radius 1 is 1.21 bits per heavy atom. The molecule has 1 saturated heterocycles. The molecule has 2 amide bonds. The molecular weight excluding hydrogens is 244 g/mol. The number of hydrogen-bond donors (Lipinski definition) is 2. The number of hydrogen-bond acceptors (Lipinski definition) is 3. The fourth-order valence-electron chi connectivity index (χ4n) is 1.97. The Bertz CT molecular complexity index is 428. The Morgan fingerprint density at radius 3 is 2.68 bits per heavy atom. The Hall–Kier alpha value is -1.88. The minimum atomic E-state index is -0.309. The first-order valence-electron chi connectivity index (χ1n) is 6.47. The quantitative estimate of drug-likeness (QED) is 0.786. The van der Waals surface area contributed by atoms with Crippen molar-refractivity contribution in [3.05, 3.63) is 30.3 Å². The van der Waals surface area contributed by atoms with Gasteiger partial charge in [-0.05, 0) is 25.0 Å². The monoisotopic (exact) mass is 262 g/mol. The Kier molecular flexibility index (Phi) is 4.92. The van der Waals surface area contributed by atoms with E-state index in [1.54, 1.807) is 12.1 Å². The number of benzene rings is 1. The molecule has 102 valence electrons. The van der Waals surface area contributed by atoms with Crippen LogP contribution in [0.25, 0.3) is 0 Å². The number of ether oxygens (including phenoxy) is 1. The zero-order valence-electron chi connectivity index (χ0n) is 10.7. The number of rotatable bonds is 5. The third kappa shape index (κ3) is 4.71. The van der Waals surface area contributed by atoms with Crippen LogP contribution in [0.4, 0.5) is 5.69 Å². The van der Waals surface area contributed by atoms with Gasteiger partial charge < -0.3 is 15.4 Å². The van der Waals surface area contributed by atoms with E-state index in [1.165, 1.54) is 0 Å². The van der Waals surface area contributed by atoms with E-state index in [9.17, 15) is 9.59 Å².